The molecule has 0 spiro atoms. The fourth-order valence-corrected chi connectivity index (χ4v) is 7.51. The Morgan fingerprint density at radius 1 is 1.06 bits per heavy atom. The van der Waals surface area contributed by atoms with Gasteiger partial charge in [0.05, 0.1) is 35.9 Å². The van der Waals surface area contributed by atoms with E-state index in [-0.39, 0.29) is 23.7 Å². The number of aryl methyl sites for hydroxylation is 1. The summed E-state index contributed by atoms with van der Waals surface area (Å²) < 4.78 is 41.7. The zero-order valence-electron chi connectivity index (χ0n) is 18.1. The van der Waals surface area contributed by atoms with Crippen molar-refractivity contribution in [2.75, 3.05) is 13.2 Å². The molecule has 1 aliphatic carbocycles. The van der Waals surface area contributed by atoms with Crippen molar-refractivity contribution in [1.29, 1.82) is 0 Å². The summed E-state index contributed by atoms with van der Waals surface area (Å²) in [5, 5.41) is 0. The third kappa shape index (κ3) is 3.84. The highest BCUT2D eigenvalue weighted by Gasteiger charge is 2.61. The van der Waals surface area contributed by atoms with Crippen LogP contribution >= 0.6 is 0 Å². The van der Waals surface area contributed by atoms with E-state index in [1.165, 1.54) is 0 Å². The van der Waals surface area contributed by atoms with Gasteiger partial charge in [-0.05, 0) is 43.9 Å². The van der Waals surface area contributed by atoms with Crippen molar-refractivity contribution >= 4 is 10.0 Å². The molecule has 2 heterocycles. The highest BCUT2D eigenvalue weighted by Crippen LogP contribution is 2.53. The molecule has 6 heteroatoms. The van der Waals surface area contributed by atoms with Crippen LogP contribution in [0, 0.1) is 12.8 Å². The van der Waals surface area contributed by atoms with Gasteiger partial charge in [0.25, 0.3) is 0 Å². The molecule has 5 nitrogen and oxygen atoms in total. The Labute approximate surface area is 185 Å². The van der Waals surface area contributed by atoms with Crippen LogP contribution in [0.5, 0.6) is 0 Å². The number of sulfonamides is 1. The van der Waals surface area contributed by atoms with Crippen molar-refractivity contribution < 1.29 is 17.9 Å². The Hall–Kier alpha value is -1.73. The van der Waals surface area contributed by atoms with Crippen LogP contribution < -0.4 is 0 Å². The number of ether oxygens (including phenoxy) is 2. The van der Waals surface area contributed by atoms with Gasteiger partial charge >= 0.3 is 0 Å². The van der Waals surface area contributed by atoms with Gasteiger partial charge in [-0.1, -0.05) is 60.9 Å². The fourth-order valence-electron chi connectivity index (χ4n) is 5.83. The number of hydrogen-bond acceptors (Lipinski definition) is 4. The van der Waals surface area contributed by atoms with Crippen LogP contribution in [-0.2, 0) is 26.1 Å². The van der Waals surface area contributed by atoms with E-state index in [4.69, 9.17) is 9.47 Å². The van der Waals surface area contributed by atoms with E-state index in [9.17, 15) is 8.42 Å². The summed E-state index contributed by atoms with van der Waals surface area (Å²) in [6, 6.07) is 17.1. The van der Waals surface area contributed by atoms with Gasteiger partial charge in [-0.2, -0.15) is 4.31 Å². The van der Waals surface area contributed by atoms with Crippen molar-refractivity contribution in [3.8, 4) is 0 Å². The fraction of sp³-hybridized carbons (Fsp3) is 0.520. The molecule has 0 unspecified atom stereocenters. The number of hydrogen-bond donors (Lipinski definition) is 0. The van der Waals surface area contributed by atoms with Gasteiger partial charge in [0, 0.05) is 12.5 Å². The monoisotopic (exact) mass is 441 g/mol. The predicted molar refractivity (Wildman–Crippen MR) is 119 cm³/mol. The highest BCUT2D eigenvalue weighted by atomic mass is 32.2. The van der Waals surface area contributed by atoms with Crippen molar-refractivity contribution in [3.05, 3.63) is 65.7 Å². The summed E-state index contributed by atoms with van der Waals surface area (Å²) in [5.41, 5.74) is 1.99. The first-order valence-corrected chi connectivity index (χ1v) is 12.8. The van der Waals surface area contributed by atoms with E-state index in [0.717, 1.165) is 43.2 Å². The molecule has 5 rings (SSSR count). The molecule has 3 fully saturated rings. The Morgan fingerprint density at radius 3 is 2.61 bits per heavy atom. The second-order valence-corrected chi connectivity index (χ2v) is 11.1. The van der Waals surface area contributed by atoms with Gasteiger partial charge < -0.3 is 9.47 Å². The standard InChI is InChI=1S/C25H31NO4S/c1-19-10-12-21(13-11-19)31(27,28)26-16-15-25-14-6-5-9-22(25)24(26)23(30-25)18-29-17-20-7-3-2-4-8-20/h2-4,7-8,10-13,22-24H,5-6,9,14-18H2,1H3/t22-,23-,24-,25+/m1/s1. The van der Waals surface area contributed by atoms with E-state index in [1.54, 1.807) is 16.4 Å². The summed E-state index contributed by atoms with van der Waals surface area (Å²) >= 11 is 0. The minimum absolute atomic E-state index is 0.156. The molecule has 2 saturated heterocycles. The van der Waals surface area contributed by atoms with E-state index in [2.05, 4.69) is 0 Å². The lowest BCUT2D eigenvalue weighted by Crippen LogP contribution is -2.56. The number of rotatable bonds is 6. The highest BCUT2D eigenvalue weighted by molar-refractivity contribution is 7.89. The van der Waals surface area contributed by atoms with Crippen LogP contribution in [-0.4, -0.2) is 43.6 Å². The zero-order chi connectivity index (χ0) is 21.5. The van der Waals surface area contributed by atoms with Crippen LogP contribution in [0.3, 0.4) is 0 Å². The second-order valence-electron chi connectivity index (χ2n) is 9.24. The van der Waals surface area contributed by atoms with Gasteiger partial charge in [0.15, 0.2) is 0 Å². The minimum Gasteiger partial charge on any atom is -0.374 e. The quantitative estimate of drug-likeness (QED) is 0.671. The van der Waals surface area contributed by atoms with Crippen molar-refractivity contribution in [1.82, 2.24) is 4.31 Å². The smallest absolute Gasteiger partial charge is 0.243 e. The molecule has 0 radical (unpaired) electrons. The maximum absolute atomic E-state index is 13.6. The average Bonchev–Trinajstić information content (AvgIpc) is 3.00. The molecule has 0 aromatic heterocycles. The normalized spacial score (nSPS) is 30.8. The molecule has 2 aromatic carbocycles. The van der Waals surface area contributed by atoms with Crippen molar-refractivity contribution in [2.45, 2.75) is 68.3 Å². The number of piperidine rings is 1. The first-order chi connectivity index (χ1) is 15.0. The van der Waals surface area contributed by atoms with E-state index in [0.29, 0.717) is 24.7 Å². The topological polar surface area (TPSA) is 55.8 Å². The molecule has 166 valence electrons. The molecule has 3 aliphatic rings. The lowest BCUT2D eigenvalue weighted by Gasteiger charge is -2.46. The van der Waals surface area contributed by atoms with Crippen molar-refractivity contribution in [2.24, 2.45) is 5.92 Å². The molecule has 2 aromatic rings. The molecule has 31 heavy (non-hydrogen) atoms. The maximum atomic E-state index is 13.6. The number of nitrogens with zero attached hydrogens (tertiary/aromatic N) is 1. The Kier molecular flexibility index (Phi) is 5.67. The largest absolute Gasteiger partial charge is 0.374 e. The van der Waals surface area contributed by atoms with Crippen LogP contribution in [0.2, 0.25) is 0 Å². The van der Waals surface area contributed by atoms with Gasteiger partial charge in [-0.15, -0.1) is 0 Å². The third-order valence-electron chi connectivity index (χ3n) is 7.33. The molecule has 4 atom stereocenters. The van der Waals surface area contributed by atoms with Crippen LogP contribution in [0.25, 0.3) is 0 Å². The Balaban J connectivity index is 1.40. The summed E-state index contributed by atoms with van der Waals surface area (Å²) in [6.07, 6.45) is 4.90. The van der Waals surface area contributed by atoms with Crippen LogP contribution in [0.4, 0.5) is 0 Å². The first kappa shape index (κ1) is 21.1. The summed E-state index contributed by atoms with van der Waals surface area (Å²) in [4.78, 5) is 0.372. The molecular weight excluding hydrogens is 410 g/mol. The molecule has 0 N–H and O–H groups in total. The van der Waals surface area contributed by atoms with Gasteiger partial charge in [-0.25, -0.2) is 8.42 Å². The first-order valence-electron chi connectivity index (χ1n) is 11.4. The van der Waals surface area contributed by atoms with Crippen LogP contribution in [0.15, 0.2) is 59.5 Å². The number of benzene rings is 2. The molecule has 2 bridgehead atoms. The average molecular weight is 442 g/mol. The molecule has 2 aliphatic heterocycles. The molecular formula is C25H31NO4S. The minimum atomic E-state index is -3.58. The maximum Gasteiger partial charge on any atom is 0.243 e. The third-order valence-corrected chi connectivity index (χ3v) is 9.24. The SMILES string of the molecule is Cc1ccc(S(=O)(=O)N2CC[C@@]34CCCC[C@@H]3[C@@H]2[C@@H](COCc2ccccc2)O4)cc1. The van der Waals surface area contributed by atoms with E-state index >= 15 is 0 Å². The predicted octanol–water partition coefficient (Wildman–Crippen LogP) is 4.30. The summed E-state index contributed by atoms with van der Waals surface area (Å²) in [6.45, 7) is 3.42. The van der Waals surface area contributed by atoms with E-state index in [1.807, 2.05) is 49.4 Å². The van der Waals surface area contributed by atoms with Gasteiger partial charge in [-0.3, -0.25) is 0 Å². The lowest BCUT2D eigenvalue weighted by atomic mass is 9.69. The zero-order valence-corrected chi connectivity index (χ0v) is 18.9. The van der Waals surface area contributed by atoms with Crippen LogP contribution in [0.1, 0.15) is 43.2 Å². The summed E-state index contributed by atoms with van der Waals surface area (Å²) in [7, 11) is -3.58. The van der Waals surface area contributed by atoms with Crippen molar-refractivity contribution in [3.63, 3.8) is 0 Å². The Morgan fingerprint density at radius 2 is 1.84 bits per heavy atom. The second kappa shape index (κ2) is 8.32. The Bertz CT molecular complexity index is 1010. The van der Waals surface area contributed by atoms with Gasteiger partial charge in [0.2, 0.25) is 10.0 Å². The molecule has 1 saturated carbocycles. The van der Waals surface area contributed by atoms with Gasteiger partial charge in [0.1, 0.15) is 0 Å². The lowest BCUT2D eigenvalue weighted by molar-refractivity contribution is -0.0991. The summed E-state index contributed by atoms with van der Waals surface area (Å²) in [5.74, 6) is 0.251. The molecule has 0 amide bonds. The van der Waals surface area contributed by atoms with E-state index < -0.39 is 10.0 Å².